The Morgan fingerprint density at radius 2 is 1.61 bits per heavy atom. The van der Waals surface area contributed by atoms with Crippen molar-refractivity contribution in [3.05, 3.63) is 72.4 Å². The highest BCUT2D eigenvalue weighted by molar-refractivity contribution is 7.89. The van der Waals surface area contributed by atoms with E-state index in [1.807, 2.05) is 48.5 Å². The van der Waals surface area contributed by atoms with Gasteiger partial charge < -0.3 is 5.73 Å². The lowest BCUT2D eigenvalue weighted by Crippen LogP contribution is -2.23. The fourth-order valence-electron chi connectivity index (χ4n) is 2.18. The first-order chi connectivity index (χ1) is 11.1. The van der Waals surface area contributed by atoms with Crippen LogP contribution in [0.3, 0.4) is 0 Å². The Bertz CT molecular complexity index is 890. The number of nitrogens with one attached hydrogen (secondary N) is 1. The number of rotatable bonds is 5. The zero-order valence-corrected chi connectivity index (χ0v) is 13.1. The molecule has 0 amide bonds. The summed E-state index contributed by atoms with van der Waals surface area (Å²) in [6.07, 6.45) is 1.26. The van der Waals surface area contributed by atoms with Crippen molar-refractivity contribution in [1.82, 2.24) is 14.5 Å². The molecule has 1 aromatic heterocycles. The second-order valence-electron chi connectivity index (χ2n) is 4.95. The normalized spacial score (nSPS) is 11.5. The van der Waals surface area contributed by atoms with Gasteiger partial charge >= 0.3 is 0 Å². The van der Waals surface area contributed by atoms with E-state index in [1.165, 1.54) is 10.9 Å². The molecule has 0 aliphatic rings. The summed E-state index contributed by atoms with van der Waals surface area (Å²) in [4.78, 5) is -0.0303. The number of anilines is 1. The molecule has 0 spiro atoms. The minimum absolute atomic E-state index is 0.0303. The van der Waals surface area contributed by atoms with Crippen molar-refractivity contribution < 1.29 is 8.42 Å². The van der Waals surface area contributed by atoms with Gasteiger partial charge in [-0.25, -0.2) is 17.8 Å². The highest BCUT2D eigenvalue weighted by atomic mass is 32.2. The molecule has 0 aliphatic carbocycles. The van der Waals surface area contributed by atoms with Gasteiger partial charge in [0.25, 0.3) is 0 Å². The minimum Gasteiger partial charge on any atom is -0.382 e. The summed E-state index contributed by atoms with van der Waals surface area (Å²) in [5.74, 6) is 0.0803. The number of nitrogens with two attached hydrogens (primary N) is 1. The third kappa shape index (κ3) is 3.25. The highest BCUT2D eigenvalue weighted by Crippen LogP contribution is 2.21. The molecule has 23 heavy (non-hydrogen) atoms. The lowest BCUT2D eigenvalue weighted by atomic mass is 10.2. The lowest BCUT2D eigenvalue weighted by molar-refractivity contribution is 0.582. The molecule has 0 saturated carbocycles. The van der Waals surface area contributed by atoms with E-state index < -0.39 is 10.0 Å². The number of sulfonamides is 1. The van der Waals surface area contributed by atoms with Crippen LogP contribution in [-0.4, -0.2) is 18.2 Å². The Kier molecular flexibility index (Phi) is 4.14. The topological polar surface area (TPSA) is 90.0 Å². The maximum atomic E-state index is 12.4. The molecule has 1 heterocycles. The number of nitrogen functional groups attached to an aromatic ring is 1. The van der Waals surface area contributed by atoms with Crippen LogP contribution in [0.2, 0.25) is 0 Å². The molecule has 0 bridgehead atoms. The Balaban J connectivity index is 1.85. The zero-order chi connectivity index (χ0) is 16.3. The summed E-state index contributed by atoms with van der Waals surface area (Å²) in [5, 5.41) is 4.08. The van der Waals surface area contributed by atoms with E-state index >= 15 is 0 Å². The summed E-state index contributed by atoms with van der Waals surface area (Å²) in [6.45, 7) is 0.194. The summed E-state index contributed by atoms with van der Waals surface area (Å²) in [5.41, 5.74) is 7.54. The largest absolute Gasteiger partial charge is 0.382 e. The maximum absolute atomic E-state index is 12.4. The third-order valence-corrected chi connectivity index (χ3v) is 4.79. The van der Waals surface area contributed by atoms with Crippen molar-refractivity contribution in [2.45, 2.75) is 11.4 Å². The van der Waals surface area contributed by atoms with Crippen LogP contribution in [0.4, 0.5) is 5.82 Å². The second-order valence-corrected chi connectivity index (χ2v) is 6.69. The standard InChI is InChI=1S/C16H16N4O2S/c17-16-15(12-18-20(16)14-9-5-2-6-10-14)23(21,22)19-11-13-7-3-1-4-8-13/h1-10,12,19H,11,17H2. The Morgan fingerprint density at radius 1 is 1.00 bits per heavy atom. The van der Waals surface area contributed by atoms with Crippen molar-refractivity contribution in [2.24, 2.45) is 0 Å². The number of aromatic nitrogens is 2. The number of hydrogen-bond acceptors (Lipinski definition) is 4. The van der Waals surface area contributed by atoms with E-state index in [-0.39, 0.29) is 17.3 Å². The molecule has 2 aromatic carbocycles. The molecule has 0 unspecified atom stereocenters. The Labute approximate surface area is 134 Å². The number of para-hydroxylation sites is 1. The van der Waals surface area contributed by atoms with Gasteiger partial charge in [-0.2, -0.15) is 5.10 Å². The molecule has 3 rings (SSSR count). The minimum atomic E-state index is -3.73. The van der Waals surface area contributed by atoms with Crippen molar-refractivity contribution in [3.63, 3.8) is 0 Å². The summed E-state index contributed by atoms with van der Waals surface area (Å²) >= 11 is 0. The second kappa shape index (κ2) is 6.23. The van der Waals surface area contributed by atoms with Crippen LogP contribution in [0.1, 0.15) is 5.56 Å². The molecule has 6 nitrogen and oxygen atoms in total. The smallest absolute Gasteiger partial charge is 0.246 e. The van der Waals surface area contributed by atoms with E-state index in [0.717, 1.165) is 5.56 Å². The van der Waals surface area contributed by atoms with Crippen molar-refractivity contribution >= 4 is 15.8 Å². The molecule has 3 aromatic rings. The van der Waals surface area contributed by atoms with Gasteiger partial charge in [-0.3, -0.25) is 0 Å². The molecule has 0 radical (unpaired) electrons. The monoisotopic (exact) mass is 328 g/mol. The number of hydrogen-bond donors (Lipinski definition) is 2. The van der Waals surface area contributed by atoms with Crippen LogP contribution < -0.4 is 10.5 Å². The fourth-order valence-corrected chi connectivity index (χ4v) is 3.24. The van der Waals surface area contributed by atoms with Crippen molar-refractivity contribution in [3.8, 4) is 5.69 Å². The molecule has 0 aliphatic heterocycles. The quantitative estimate of drug-likeness (QED) is 0.749. The zero-order valence-electron chi connectivity index (χ0n) is 12.3. The summed E-state index contributed by atoms with van der Waals surface area (Å²) in [6, 6.07) is 18.4. The van der Waals surface area contributed by atoms with Crippen molar-refractivity contribution in [2.75, 3.05) is 5.73 Å². The van der Waals surface area contributed by atoms with Crippen LogP contribution >= 0.6 is 0 Å². The van der Waals surface area contributed by atoms with Gasteiger partial charge in [0.2, 0.25) is 10.0 Å². The van der Waals surface area contributed by atoms with Gasteiger partial charge in [-0.1, -0.05) is 48.5 Å². The van der Waals surface area contributed by atoms with E-state index in [9.17, 15) is 8.42 Å². The van der Waals surface area contributed by atoms with Gasteiger partial charge in [0, 0.05) is 6.54 Å². The fraction of sp³-hybridized carbons (Fsp3) is 0.0625. The lowest BCUT2D eigenvalue weighted by Gasteiger charge is -2.07. The molecule has 0 saturated heterocycles. The molecular weight excluding hydrogens is 312 g/mol. The summed E-state index contributed by atoms with van der Waals surface area (Å²) < 4.78 is 28.8. The van der Waals surface area contributed by atoms with Crippen molar-refractivity contribution in [1.29, 1.82) is 0 Å². The predicted octanol–water partition coefficient (Wildman–Crippen LogP) is 1.93. The molecule has 3 N–H and O–H groups in total. The van der Waals surface area contributed by atoms with E-state index in [2.05, 4.69) is 9.82 Å². The number of benzene rings is 2. The van der Waals surface area contributed by atoms with Crippen LogP contribution in [-0.2, 0) is 16.6 Å². The Hall–Kier alpha value is -2.64. The van der Waals surface area contributed by atoms with Crippen LogP contribution in [0.25, 0.3) is 5.69 Å². The van der Waals surface area contributed by atoms with E-state index in [1.54, 1.807) is 12.1 Å². The van der Waals surface area contributed by atoms with Gasteiger partial charge in [0.15, 0.2) is 0 Å². The average Bonchev–Trinajstić information content (AvgIpc) is 2.97. The van der Waals surface area contributed by atoms with Crippen LogP contribution in [0, 0.1) is 0 Å². The van der Waals surface area contributed by atoms with E-state index in [4.69, 9.17) is 5.73 Å². The first-order valence-electron chi connectivity index (χ1n) is 7.00. The molecular formula is C16H16N4O2S. The average molecular weight is 328 g/mol. The van der Waals surface area contributed by atoms with Crippen LogP contribution in [0.5, 0.6) is 0 Å². The number of nitrogens with zero attached hydrogens (tertiary/aromatic N) is 2. The van der Waals surface area contributed by atoms with Gasteiger partial charge in [0.05, 0.1) is 11.9 Å². The Morgan fingerprint density at radius 3 is 2.26 bits per heavy atom. The van der Waals surface area contributed by atoms with Gasteiger partial charge in [0.1, 0.15) is 10.7 Å². The molecule has 118 valence electrons. The molecule has 7 heteroatoms. The maximum Gasteiger partial charge on any atom is 0.246 e. The van der Waals surface area contributed by atoms with E-state index in [0.29, 0.717) is 5.69 Å². The highest BCUT2D eigenvalue weighted by Gasteiger charge is 2.21. The summed E-state index contributed by atoms with van der Waals surface area (Å²) in [7, 11) is -3.73. The van der Waals surface area contributed by atoms with Gasteiger partial charge in [-0.05, 0) is 17.7 Å². The van der Waals surface area contributed by atoms with Gasteiger partial charge in [-0.15, -0.1) is 0 Å². The van der Waals surface area contributed by atoms with Crippen LogP contribution in [0.15, 0.2) is 71.8 Å². The SMILES string of the molecule is Nc1c(S(=O)(=O)NCc2ccccc2)cnn1-c1ccccc1. The first-order valence-corrected chi connectivity index (χ1v) is 8.49. The first kappa shape index (κ1) is 15.3. The molecule has 0 atom stereocenters. The third-order valence-electron chi connectivity index (χ3n) is 3.37. The molecule has 0 fully saturated rings. The predicted molar refractivity (Wildman–Crippen MR) is 88.4 cm³/mol.